The summed E-state index contributed by atoms with van der Waals surface area (Å²) in [5.41, 5.74) is 1.38. The summed E-state index contributed by atoms with van der Waals surface area (Å²) in [5.74, 6) is 0.600. The molecule has 0 atom stereocenters. The average Bonchev–Trinajstić information content (AvgIpc) is 3.04. The Labute approximate surface area is 140 Å². The molecule has 2 heterocycles. The van der Waals surface area contributed by atoms with Crippen LogP contribution in [0.3, 0.4) is 0 Å². The van der Waals surface area contributed by atoms with Crippen LogP contribution in [0.15, 0.2) is 36.4 Å². The lowest BCUT2D eigenvalue weighted by molar-refractivity contribution is 0.0270. The minimum atomic E-state index is -0.485. The van der Waals surface area contributed by atoms with E-state index in [1.807, 2.05) is 57.2 Å². The molecule has 0 bridgehead atoms. The van der Waals surface area contributed by atoms with E-state index in [9.17, 15) is 4.79 Å². The summed E-state index contributed by atoms with van der Waals surface area (Å²) in [4.78, 5) is 15.3. The lowest BCUT2D eigenvalue weighted by atomic mass is 10.1. The first-order valence-electron chi connectivity index (χ1n) is 7.95. The standard InChI is InChI=1S/C17H21N5O2/c1-17(2,3)24-16(23)21-11-9-13(10-12-21)15-18-20-22(19-15)14-7-5-4-6-8-14/h4-9H,10-12H2,1-3H3. The molecular weight excluding hydrogens is 306 g/mol. The minimum Gasteiger partial charge on any atom is -0.444 e. The minimum absolute atomic E-state index is 0.293. The fourth-order valence-corrected chi connectivity index (χ4v) is 2.38. The number of carbonyl (C=O) groups excluding carboxylic acids is 1. The van der Waals surface area contributed by atoms with Gasteiger partial charge >= 0.3 is 6.09 Å². The van der Waals surface area contributed by atoms with Crippen molar-refractivity contribution >= 4 is 11.7 Å². The predicted octanol–water partition coefficient (Wildman–Crippen LogP) is 2.69. The molecule has 1 aromatic carbocycles. The van der Waals surface area contributed by atoms with E-state index >= 15 is 0 Å². The van der Waals surface area contributed by atoms with E-state index in [2.05, 4.69) is 15.4 Å². The summed E-state index contributed by atoms with van der Waals surface area (Å²) in [6, 6.07) is 9.64. The van der Waals surface area contributed by atoms with Crippen LogP contribution < -0.4 is 0 Å². The molecule has 2 aromatic rings. The Morgan fingerprint density at radius 3 is 2.58 bits per heavy atom. The van der Waals surface area contributed by atoms with Crippen molar-refractivity contribution in [3.8, 4) is 5.69 Å². The molecule has 0 saturated carbocycles. The second kappa shape index (κ2) is 6.43. The topological polar surface area (TPSA) is 73.1 Å². The van der Waals surface area contributed by atoms with E-state index < -0.39 is 5.60 Å². The van der Waals surface area contributed by atoms with Crippen LogP contribution in [-0.2, 0) is 4.74 Å². The normalized spacial score (nSPS) is 15.1. The lowest BCUT2D eigenvalue weighted by Gasteiger charge is -2.29. The molecule has 0 saturated heterocycles. The van der Waals surface area contributed by atoms with Crippen LogP contribution in [0.4, 0.5) is 4.79 Å². The van der Waals surface area contributed by atoms with Gasteiger partial charge in [-0.25, -0.2) is 4.79 Å². The lowest BCUT2D eigenvalue weighted by Crippen LogP contribution is -2.39. The molecule has 1 aliphatic heterocycles. The van der Waals surface area contributed by atoms with Crippen LogP contribution in [0, 0.1) is 0 Å². The van der Waals surface area contributed by atoms with E-state index in [1.54, 1.807) is 4.90 Å². The van der Waals surface area contributed by atoms with Crippen molar-refractivity contribution in [2.75, 3.05) is 13.1 Å². The van der Waals surface area contributed by atoms with Crippen LogP contribution >= 0.6 is 0 Å². The third kappa shape index (κ3) is 3.79. The molecule has 1 aromatic heterocycles. The van der Waals surface area contributed by atoms with Gasteiger partial charge in [0.1, 0.15) is 5.60 Å². The van der Waals surface area contributed by atoms with Gasteiger partial charge in [0.05, 0.1) is 5.69 Å². The molecule has 0 spiro atoms. The molecule has 24 heavy (non-hydrogen) atoms. The summed E-state index contributed by atoms with van der Waals surface area (Å²) in [7, 11) is 0. The number of para-hydroxylation sites is 1. The summed E-state index contributed by atoms with van der Waals surface area (Å²) < 4.78 is 5.39. The van der Waals surface area contributed by atoms with E-state index in [4.69, 9.17) is 4.74 Å². The first-order valence-corrected chi connectivity index (χ1v) is 7.95. The molecule has 7 nitrogen and oxygen atoms in total. The monoisotopic (exact) mass is 327 g/mol. The number of benzene rings is 1. The highest BCUT2D eigenvalue weighted by Crippen LogP contribution is 2.20. The van der Waals surface area contributed by atoms with Gasteiger partial charge in [-0.2, -0.15) is 0 Å². The number of aromatic nitrogens is 4. The summed E-state index contributed by atoms with van der Waals surface area (Å²) in [6.07, 6.45) is 2.35. The average molecular weight is 327 g/mol. The van der Waals surface area contributed by atoms with Crippen molar-refractivity contribution in [3.63, 3.8) is 0 Å². The number of nitrogens with zero attached hydrogens (tertiary/aromatic N) is 5. The van der Waals surface area contributed by atoms with Crippen LogP contribution in [0.2, 0.25) is 0 Å². The second-order valence-corrected chi connectivity index (χ2v) is 6.64. The molecule has 0 aliphatic carbocycles. The van der Waals surface area contributed by atoms with Gasteiger partial charge in [-0.15, -0.1) is 15.0 Å². The van der Waals surface area contributed by atoms with Crippen LogP contribution in [0.25, 0.3) is 11.3 Å². The molecule has 0 N–H and O–H groups in total. The van der Waals surface area contributed by atoms with Crippen molar-refractivity contribution in [3.05, 3.63) is 42.2 Å². The fraction of sp³-hybridized carbons (Fsp3) is 0.412. The number of carbonyl (C=O) groups is 1. The number of hydrogen-bond acceptors (Lipinski definition) is 5. The molecule has 3 rings (SSSR count). The van der Waals surface area contributed by atoms with Crippen molar-refractivity contribution in [2.24, 2.45) is 0 Å². The highest BCUT2D eigenvalue weighted by atomic mass is 16.6. The molecule has 0 radical (unpaired) electrons. The maximum atomic E-state index is 12.1. The van der Waals surface area contributed by atoms with E-state index in [0.717, 1.165) is 11.3 Å². The number of rotatable bonds is 2. The van der Waals surface area contributed by atoms with Crippen LogP contribution in [-0.4, -0.2) is 49.9 Å². The third-order valence-electron chi connectivity index (χ3n) is 3.55. The first kappa shape index (κ1) is 16.2. The number of hydrogen-bond donors (Lipinski definition) is 0. The van der Waals surface area contributed by atoms with Gasteiger partial charge in [0.15, 0.2) is 0 Å². The van der Waals surface area contributed by atoms with E-state index in [-0.39, 0.29) is 6.09 Å². The van der Waals surface area contributed by atoms with Crippen LogP contribution in [0.1, 0.15) is 33.0 Å². The van der Waals surface area contributed by atoms with Gasteiger partial charge in [-0.1, -0.05) is 24.3 Å². The Morgan fingerprint density at radius 1 is 1.21 bits per heavy atom. The van der Waals surface area contributed by atoms with Gasteiger partial charge in [-0.3, -0.25) is 0 Å². The SMILES string of the molecule is CC(C)(C)OC(=O)N1CC=C(c2nnn(-c3ccccc3)n2)CC1. The Kier molecular flexibility index (Phi) is 4.33. The number of ether oxygens (including phenoxy) is 1. The Balaban J connectivity index is 1.68. The Bertz CT molecular complexity index is 746. The first-order chi connectivity index (χ1) is 11.4. The molecular formula is C17H21N5O2. The summed E-state index contributed by atoms with van der Waals surface area (Å²) >= 11 is 0. The van der Waals surface area contributed by atoms with Crippen molar-refractivity contribution in [1.82, 2.24) is 25.1 Å². The Morgan fingerprint density at radius 2 is 1.96 bits per heavy atom. The highest BCUT2D eigenvalue weighted by molar-refractivity contribution is 5.71. The maximum absolute atomic E-state index is 12.1. The maximum Gasteiger partial charge on any atom is 0.410 e. The summed E-state index contributed by atoms with van der Waals surface area (Å²) in [5, 5.41) is 12.6. The zero-order valence-electron chi connectivity index (χ0n) is 14.1. The van der Waals surface area contributed by atoms with Gasteiger partial charge in [0.25, 0.3) is 0 Å². The van der Waals surface area contributed by atoms with Gasteiger partial charge in [-0.05, 0) is 44.5 Å². The number of tetrazole rings is 1. The molecule has 0 unspecified atom stereocenters. The van der Waals surface area contributed by atoms with Crippen LogP contribution in [0.5, 0.6) is 0 Å². The summed E-state index contributed by atoms with van der Waals surface area (Å²) in [6.45, 7) is 6.66. The quantitative estimate of drug-likeness (QED) is 0.848. The van der Waals surface area contributed by atoms with E-state index in [1.165, 1.54) is 4.80 Å². The fourth-order valence-electron chi connectivity index (χ4n) is 2.38. The largest absolute Gasteiger partial charge is 0.444 e. The molecule has 1 aliphatic rings. The van der Waals surface area contributed by atoms with Gasteiger partial charge in [0, 0.05) is 18.7 Å². The molecule has 7 heteroatoms. The van der Waals surface area contributed by atoms with Crippen molar-refractivity contribution in [2.45, 2.75) is 32.8 Å². The molecule has 126 valence electrons. The predicted molar refractivity (Wildman–Crippen MR) is 89.6 cm³/mol. The molecule has 0 fully saturated rings. The number of amides is 1. The van der Waals surface area contributed by atoms with E-state index in [0.29, 0.717) is 25.3 Å². The zero-order valence-corrected chi connectivity index (χ0v) is 14.1. The Hall–Kier alpha value is -2.70. The molecule has 1 amide bonds. The highest BCUT2D eigenvalue weighted by Gasteiger charge is 2.24. The van der Waals surface area contributed by atoms with Crippen molar-refractivity contribution < 1.29 is 9.53 Å². The van der Waals surface area contributed by atoms with Gasteiger partial charge in [0.2, 0.25) is 5.82 Å². The smallest absolute Gasteiger partial charge is 0.410 e. The van der Waals surface area contributed by atoms with Gasteiger partial charge < -0.3 is 9.64 Å². The third-order valence-corrected chi connectivity index (χ3v) is 3.55. The zero-order chi connectivity index (χ0) is 17.2. The van der Waals surface area contributed by atoms with Crippen molar-refractivity contribution in [1.29, 1.82) is 0 Å². The second-order valence-electron chi connectivity index (χ2n) is 6.64.